The van der Waals surface area contributed by atoms with Crippen LogP contribution in [0.25, 0.3) is 0 Å². The summed E-state index contributed by atoms with van der Waals surface area (Å²) in [5.41, 5.74) is 3.00. The van der Waals surface area contributed by atoms with E-state index in [1.54, 1.807) is 18.3 Å². The standard InChI is InChI=1S/C11H16N4OS/c12-15-10-6-8(3-4-13-10)11(16)14-7-9-2-1-5-17-9/h3-4,6,9H,1-2,5,7,12H2,(H,13,15)(H,14,16). The molecule has 1 atom stereocenters. The summed E-state index contributed by atoms with van der Waals surface area (Å²) in [6.07, 6.45) is 4.01. The van der Waals surface area contributed by atoms with E-state index in [0.29, 0.717) is 16.6 Å². The van der Waals surface area contributed by atoms with Crippen LogP contribution in [0.2, 0.25) is 0 Å². The summed E-state index contributed by atoms with van der Waals surface area (Å²) in [7, 11) is 0. The van der Waals surface area contributed by atoms with Crippen LogP contribution < -0.4 is 16.6 Å². The molecule has 0 aromatic carbocycles. The first-order valence-corrected chi connectivity index (χ1v) is 6.67. The van der Waals surface area contributed by atoms with Crippen LogP contribution in [-0.4, -0.2) is 28.4 Å². The number of rotatable bonds is 4. The molecular formula is C11H16N4OS. The Morgan fingerprint density at radius 3 is 3.24 bits per heavy atom. The first-order valence-electron chi connectivity index (χ1n) is 5.62. The highest BCUT2D eigenvalue weighted by molar-refractivity contribution is 8.00. The second-order valence-electron chi connectivity index (χ2n) is 3.92. The molecule has 1 aliphatic rings. The Kier molecular flexibility index (Phi) is 4.22. The van der Waals surface area contributed by atoms with E-state index in [1.165, 1.54) is 18.6 Å². The number of nitrogens with two attached hydrogens (primary N) is 1. The summed E-state index contributed by atoms with van der Waals surface area (Å²) in [6, 6.07) is 3.31. The van der Waals surface area contributed by atoms with Crippen molar-refractivity contribution in [3.63, 3.8) is 0 Å². The van der Waals surface area contributed by atoms with Crippen molar-refractivity contribution in [1.82, 2.24) is 10.3 Å². The Morgan fingerprint density at radius 1 is 1.65 bits per heavy atom. The van der Waals surface area contributed by atoms with Crippen LogP contribution in [-0.2, 0) is 0 Å². The zero-order chi connectivity index (χ0) is 12.1. The molecule has 1 aromatic rings. The lowest BCUT2D eigenvalue weighted by molar-refractivity contribution is 0.0953. The van der Waals surface area contributed by atoms with Gasteiger partial charge < -0.3 is 10.7 Å². The van der Waals surface area contributed by atoms with Crippen molar-refractivity contribution in [2.45, 2.75) is 18.1 Å². The van der Waals surface area contributed by atoms with Crippen LogP contribution >= 0.6 is 11.8 Å². The number of pyridine rings is 1. The van der Waals surface area contributed by atoms with Crippen molar-refractivity contribution in [2.75, 3.05) is 17.7 Å². The molecular weight excluding hydrogens is 236 g/mol. The van der Waals surface area contributed by atoms with Gasteiger partial charge in [0.05, 0.1) is 0 Å². The largest absolute Gasteiger partial charge is 0.351 e. The fraction of sp³-hybridized carbons (Fsp3) is 0.455. The van der Waals surface area contributed by atoms with Crippen LogP contribution in [0.1, 0.15) is 23.2 Å². The molecule has 1 amide bonds. The second kappa shape index (κ2) is 5.88. The predicted octanol–water partition coefficient (Wildman–Crippen LogP) is 0.993. The van der Waals surface area contributed by atoms with E-state index in [2.05, 4.69) is 15.7 Å². The topological polar surface area (TPSA) is 80.0 Å². The van der Waals surface area contributed by atoms with Crippen LogP contribution in [0.3, 0.4) is 0 Å². The van der Waals surface area contributed by atoms with Gasteiger partial charge in [0.25, 0.3) is 5.91 Å². The number of nitrogens with zero attached hydrogens (tertiary/aromatic N) is 1. The highest BCUT2D eigenvalue weighted by Gasteiger charge is 2.16. The minimum Gasteiger partial charge on any atom is -0.351 e. The molecule has 1 saturated heterocycles. The number of carbonyl (C=O) groups excluding carboxylic acids is 1. The van der Waals surface area contributed by atoms with Gasteiger partial charge in [0.1, 0.15) is 5.82 Å². The van der Waals surface area contributed by atoms with E-state index in [-0.39, 0.29) is 5.91 Å². The maximum atomic E-state index is 11.9. The van der Waals surface area contributed by atoms with Gasteiger partial charge in [-0.3, -0.25) is 4.79 Å². The predicted molar refractivity (Wildman–Crippen MR) is 69.9 cm³/mol. The van der Waals surface area contributed by atoms with Gasteiger partial charge in [0.15, 0.2) is 0 Å². The molecule has 2 heterocycles. The van der Waals surface area contributed by atoms with Gasteiger partial charge in [-0.05, 0) is 30.7 Å². The maximum absolute atomic E-state index is 11.9. The Morgan fingerprint density at radius 2 is 2.53 bits per heavy atom. The molecule has 0 aliphatic carbocycles. The average Bonchev–Trinajstić information content (AvgIpc) is 2.89. The van der Waals surface area contributed by atoms with Gasteiger partial charge in [0, 0.05) is 23.6 Å². The Bertz CT molecular complexity index is 393. The highest BCUT2D eigenvalue weighted by atomic mass is 32.2. The van der Waals surface area contributed by atoms with Crippen molar-refractivity contribution in [3.05, 3.63) is 23.9 Å². The molecule has 0 bridgehead atoms. The fourth-order valence-corrected chi connectivity index (χ4v) is 2.97. The first kappa shape index (κ1) is 12.2. The second-order valence-corrected chi connectivity index (χ2v) is 5.33. The molecule has 6 heteroatoms. The summed E-state index contributed by atoms with van der Waals surface area (Å²) < 4.78 is 0. The summed E-state index contributed by atoms with van der Waals surface area (Å²) in [6.45, 7) is 0.733. The molecule has 4 N–H and O–H groups in total. The van der Waals surface area contributed by atoms with Crippen LogP contribution in [0, 0.1) is 0 Å². The van der Waals surface area contributed by atoms with E-state index in [9.17, 15) is 4.79 Å². The van der Waals surface area contributed by atoms with E-state index < -0.39 is 0 Å². The zero-order valence-corrected chi connectivity index (χ0v) is 10.3. The maximum Gasteiger partial charge on any atom is 0.251 e. The number of anilines is 1. The molecule has 17 heavy (non-hydrogen) atoms. The SMILES string of the molecule is NNc1cc(C(=O)NCC2CCCS2)ccn1. The van der Waals surface area contributed by atoms with Crippen molar-refractivity contribution in [3.8, 4) is 0 Å². The van der Waals surface area contributed by atoms with Gasteiger partial charge in [-0.25, -0.2) is 10.8 Å². The molecule has 1 aromatic heterocycles. The lowest BCUT2D eigenvalue weighted by Crippen LogP contribution is -2.29. The van der Waals surface area contributed by atoms with Crippen LogP contribution in [0.4, 0.5) is 5.82 Å². The quantitative estimate of drug-likeness (QED) is 0.550. The number of nitrogen functional groups attached to an aromatic ring is 1. The molecule has 5 nitrogen and oxygen atoms in total. The van der Waals surface area contributed by atoms with Crippen molar-refractivity contribution >= 4 is 23.5 Å². The molecule has 0 saturated carbocycles. The van der Waals surface area contributed by atoms with Crippen molar-refractivity contribution in [2.24, 2.45) is 5.84 Å². The summed E-state index contributed by atoms with van der Waals surface area (Å²) >= 11 is 1.93. The fourth-order valence-electron chi connectivity index (χ4n) is 1.76. The Labute approximate surface area is 105 Å². The van der Waals surface area contributed by atoms with Crippen LogP contribution in [0.5, 0.6) is 0 Å². The molecule has 0 radical (unpaired) electrons. The van der Waals surface area contributed by atoms with Crippen molar-refractivity contribution < 1.29 is 4.79 Å². The minimum atomic E-state index is -0.0728. The van der Waals surface area contributed by atoms with Crippen LogP contribution in [0.15, 0.2) is 18.3 Å². The van der Waals surface area contributed by atoms with Gasteiger partial charge in [-0.15, -0.1) is 0 Å². The van der Waals surface area contributed by atoms with E-state index in [1.807, 2.05) is 11.8 Å². The van der Waals surface area contributed by atoms with Gasteiger partial charge >= 0.3 is 0 Å². The van der Waals surface area contributed by atoms with E-state index in [4.69, 9.17) is 5.84 Å². The van der Waals surface area contributed by atoms with Gasteiger partial charge in [-0.1, -0.05) is 0 Å². The Hall–Kier alpha value is -1.27. The number of aromatic nitrogens is 1. The number of hydrazine groups is 1. The summed E-state index contributed by atoms with van der Waals surface area (Å²) in [4.78, 5) is 15.8. The van der Waals surface area contributed by atoms with Gasteiger partial charge in [-0.2, -0.15) is 11.8 Å². The first-order chi connectivity index (χ1) is 8.29. The van der Waals surface area contributed by atoms with E-state index >= 15 is 0 Å². The molecule has 1 aliphatic heterocycles. The summed E-state index contributed by atoms with van der Waals surface area (Å²) in [5.74, 6) is 6.87. The molecule has 92 valence electrons. The third kappa shape index (κ3) is 3.34. The monoisotopic (exact) mass is 252 g/mol. The third-order valence-electron chi connectivity index (χ3n) is 2.68. The smallest absolute Gasteiger partial charge is 0.251 e. The Balaban J connectivity index is 1.89. The zero-order valence-electron chi connectivity index (χ0n) is 9.48. The lowest BCUT2D eigenvalue weighted by Gasteiger charge is -2.10. The van der Waals surface area contributed by atoms with Gasteiger partial charge in [0.2, 0.25) is 0 Å². The minimum absolute atomic E-state index is 0.0728. The number of nitrogens with one attached hydrogen (secondary N) is 2. The van der Waals surface area contributed by atoms with E-state index in [0.717, 1.165) is 6.54 Å². The number of carbonyl (C=O) groups is 1. The normalized spacial score (nSPS) is 19.0. The molecule has 0 spiro atoms. The number of amides is 1. The number of hydrogen-bond donors (Lipinski definition) is 3. The summed E-state index contributed by atoms with van der Waals surface area (Å²) in [5, 5.41) is 3.50. The molecule has 1 fully saturated rings. The average molecular weight is 252 g/mol. The molecule has 2 rings (SSSR count). The highest BCUT2D eigenvalue weighted by Crippen LogP contribution is 2.25. The lowest BCUT2D eigenvalue weighted by atomic mass is 10.2. The number of hydrogen-bond acceptors (Lipinski definition) is 5. The third-order valence-corrected chi connectivity index (χ3v) is 4.08. The number of thioether (sulfide) groups is 1. The molecule has 1 unspecified atom stereocenters. The van der Waals surface area contributed by atoms with Crippen molar-refractivity contribution in [1.29, 1.82) is 0 Å².